The molecule has 0 saturated heterocycles. The summed E-state index contributed by atoms with van der Waals surface area (Å²) in [5, 5.41) is 0. The zero-order chi connectivity index (χ0) is 18.5. The molecule has 0 unspecified atom stereocenters. The Balaban J connectivity index is 1.33. The number of hydrogen-bond donors (Lipinski definition) is 0. The quantitative estimate of drug-likeness (QED) is 0.457. The number of benzene rings is 1. The van der Waals surface area contributed by atoms with E-state index in [0.29, 0.717) is 0 Å². The van der Waals surface area contributed by atoms with Gasteiger partial charge in [0, 0.05) is 5.56 Å². The van der Waals surface area contributed by atoms with Crippen LogP contribution in [0.25, 0.3) is 0 Å². The number of unbranched alkanes of at least 4 members (excludes halogenated alkanes) is 1. The van der Waals surface area contributed by atoms with Crippen LogP contribution in [-0.4, -0.2) is 0 Å². The van der Waals surface area contributed by atoms with Crippen LogP contribution in [-0.2, 0) is 6.42 Å². The molecular formula is C24H36F2. The lowest BCUT2D eigenvalue weighted by Gasteiger charge is -2.37. The van der Waals surface area contributed by atoms with Gasteiger partial charge < -0.3 is 0 Å². The van der Waals surface area contributed by atoms with Gasteiger partial charge >= 0.3 is 0 Å². The second-order valence-corrected chi connectivity index (χ2v) is 9.23. The molecule has 1 aromatic carbocycles. The minimum Gasteiger partial charge on any atom is -0.207 e. The average molecular weight is 363 g/mol. The summed E-state index contributed by atoms with van der Waals surface area (Å²) in [6.07, 6.45) is 15.9. The fraction of sp³-hybridized carbons (Fsp3) is 0.750. The van der Waals surface area contributed by atoms with Crippen LogP contribution in [0.4, 0.5) is 8.78 Å². The predicted octanol–water partition coefficient (Wildman–Crippen LogP) is 7.62. The molecule has 1 aromatic rings. The van der Waals surface area contributed by atoms with Crippen LogP contribution >= 0.6 is 0 Å². The van der Waals surface area contributed by atoms with Crippen LogP contribution in [0.3, 0.4) is 0 Å². The first-order valence-electron chi connectivity index (χ1n) is 11.0. The van der Waals surface area contributed by atoms with Crippen LogP contribution in [0.1, 0.15) is 88.7 Å². The zero-order valence-corrected chi connectivity index (χ0v) is 16.7. The molecule has 146 valence electrons. The van der Waals surface area contributed by atoms with E-state index in [9.17, 15) is 8.78 Å². The maximum absolute atomic E-state index is 13.6. The van der Waals surface area contributed by atoms with Gasteiger partial charge in [0.15, 0.2) is 0 Å². The summed E-state index contributed by atoms with van der Waals surface area (Å²) in [6, 6.07) is 3.02. The van der Waals surface area contributed by atoms with Crippen molar-refractivity contribution in [3.8, 4) is 0 Å². The van der Waals surface area contributed by atoms with Crippen molar-refractivity contribution in [2.45, 2.75) is 90.9 Å². The maximum atomic E-state index is 13.6. The van der Waals surface area contributed by atoms with Gasteiger partial charge in [0.1, 0.15) is 11.6 Å². The lowest BCUT2D eigenvalue weighted by atomic mass is 9.69. The Hall–Kier alpha value is -0.920. The lowest BCUT2D eigenvalue weighted by Crippen LogP contribution is -2.25. The second kappa shape index (κ2) is 9.33. The number of hydrogen-bond acceptors (Lipinski definition) is 0. The molecule has 2 saturated carbocycles. The molecular weight excluding hydrogens is 326 g/mol. The van der Waals surface area contributed by atoms with Gasteiger partial charge in [-0.3, -0.25) is 0 Å². The first-order chi connectivity index (χ1) is 12.5. The molecule has 0 heterocycles. The molecule has 0 N–H and O–H groups in total. The number of rotatable bonds is 6. The van der Waals surface area contributed by atoms with Crippen molar-refractivity contribution >= 4 is 0 Å². The van der Waals surface area contributed by atoms with Crippen molar-refractivity contribution in [3.63, 3.8) is 0 Å². The van der Waals surface area contributed by atoms with E-state index in [1.165, 1.54) is 83.3 Å². The molecule has 0 bridgehead atoms. The zero-order valence-electron chi connectivity index (χ0n) is 16.7. The lowest BCUT2D eigenvalue weighted by molar-refractivity contribution is 0.146. The predicted molar refractivity (Wildman–Crippen MR) is 105 cm³/mol. The van der Waals surface area contributed by atoms with Crippen LogP contribution in [0.2, 0.25) is 0 Å². The maximum Gasteiger partial charge on any atom is 0.129 e. The fourth-order valence-electron chi connectivity index (χ4n) is 5.31. The molecule has 3 rings (SSSR count). The van der Waals surface area contributed by atoms with E-state index in [1.54, 1.807) is 0 Å². The normalized spacial score (nSPS) is 29.7. The van der Waals surface area contributed by atoms with Gasteiger partial charge in [0.05, 0.1) is 0 Å². The third-order valence-electron chi connectivity index (χ3n) is 7.29. The molecule has 2 aliphatic carbocycles. The van der Waals surface area contributed by atoms with E-state index < -0.39 is 11.6 Å². The highest BCUT2D eigenvalue weighted by Gasteiger charge is 2.29. The van der Waals surface area contributed by atoms with E-state index in [-0.39, 0.29) is 5.56 Å². The van der Waals surface area contributed by atoms with Crippen LogP contribution in [0, 0.1) is 42.2 Å². The topological polar surface area (TPSA) is 0 Å². The molecule has 0 radical (unpaired) electrons. The highest BCUT2D eigenvalue weighted by atomic mass is 19.1. The van der Waals surface area contributed by atoms with Crippen LogP contribution < -0.4 is 0 Å². The van der Waals surface area contributed by atoms with E-state index in [1.807, 2.05) is 0 Å². The first-order valence-corrected chi connectivity index (χ1v) is 11.0. The van der Waals surface area contributed by atoms with Crippen molar-refractivity contribution in [1.82, 2.24) is 0 Å². The smallest absolute Gasteiger partial charge is 0.129 e. The minimum absolute atomic E-state index is 0.137. The third kappa shape index (κ3) is 5.30. The summed E-state index contributed by atoms with van der Waals surface area (Å²) < 4.78 is 27.2. The van der Waals surface area contributed by atoms with Gasteiger partial charge in [0.25, 0.3) is 0 Å². The van der Waals surface area contributed by atoms with Crippen LogP contribution in [0.5, 0.6) is 0 Å². The molecule has 2 fully saturated rings. The van der Waals surface area contributed by atoms with E-state index in [0.717, 1.165) is 42.1 Å². The van der Waals surface area contributed by atoms with Crippen molar-refractivity contribution in [2.75, 3.05) is 0 Å². The molecule has 0 aromatic heterocycles. The summed E-state index contributed by atoms with van der Waals surface area (Å²) in [5.41, 5.74) is 0.943. The SMILES string of the molecule is Cc1c(F)cc(CCCCC2CCC(C3CCC(C)CC3)CC2)cc1F. The Morgan fingerprint density at radius 3 is 1.92 bits per heavy atom. The molecule has 0 spiro atoms. The molecule has 2 heteroatoms. The van der Waals surface area contributed by atoms with E-state index in [4.69, 9.17) is 0 Å². The van der Waals surface area contributed by atoms with Gasteiger partial charge in [-0.25, -0.2) is 8.78 Å². The molecule has 2 aliphatic rings. The standard InChI is InChI=1S/C24H36F2/c1-17-7-11-21(12-8-17)22-13-9-19(10-14-22)5-3-4-6-20-15-23(25)18(2)24(26)16-20/h15-17,19,21-22H,3-14H2,1-2H3. The Kier molecular flexibility index (Phi) is 7.12. The molecule has 26 heavy (non-hydrogen) atoms. The minimum atomic E-state index is -0.407. The average Bonchev–Trinajstić information content (AvgIpc) is 2.64. The highest BCUT2D eigenvalue weighted by Crippen LogP contribution is 2.42. The highest BCUT2D eigenvalue weighted by molar-refractivity contribution is 5.25. The van der Waals surface area contributed by atoms with Gasteiger partial charge in [-0.1, -0.05) is 45.4 Å². The molecule has 0 aliphatic heterocycles. The summed E-state index contributed by atoms with van der Waals surface area (Å²) in [6.45, 7) is 3.91. The second-order valence-electron chi connectivity index (χ2n) is 9.23. The van der Waals surface area contributed by atoms with Gasteiger partial charge in [-0.15, -0.1) is 0 Å². The Morgan fingerprint density at radius 2 is 1.35 bits per heavy atom. The Bertz CT molecular complexity index is 541. The Morgan fingerprint density at radius 1 is 0.808 bits per heavy atom. The van der Waals surface area contributed by atoms with Crippen molar-refractivity contribution in [1.29, 1.82) is 0 Å². The molecule has 0 atom stereocenters. The van der Waals surface area contributed by atoms with E-state index in [2.05, 4.69) is 6.92 Å². The molecule has 0 nitrogen and oxygen atoms in total. The summed E-state index contributed by atoms with van der Waals surface area (Å²) in [5.74, 6) is 3.04. The van der Waals surface area contributed by atoms with Crippen molar-refractivity contribution in [2.24, 2.45) is 23.7 Å². The van der Waals surface area contributed by atoms with Gasteiger partial charge in [-0.05, 0) is 86.8 Å². The Labute approximate surface area is 158 Å². The number of aryl methyl sites for hydroxylation is 1. The fourth-order valence-corrected chi connectivity index (χ4v) is 5.31. The number of halogens is 2. The van der Waals surface area contributed by atoms with Crippen LogP contribution in [0.15, 0.2) is 12.1 Å². The monoisotopic (exact) mass is 362 g/mol. The third-order valence-corrected chi connectivity index (χ3v) is 7.29. The largest absolute Gasteiger partial charge is 0.207 e. The van der Waals surface area contributed by atoms with Crippen molar-refractivity contribution < 1.29 is 8.78 Å². The van der Waals surface area contributed by atoms with Gasteiger partial charge in [-0.2, -0.15) is 0 Å². The van der Waals surface area contributed by atoms with E-state index >= 15 is 0 Å². The summed E-state index contributed by atoms with van der Waals surface area (Å²) in [4.78, 5) is 0. The summed E-state index contributed by atoms with van der Waals surface area (Å²) >= 11 is 0. The van der Waals surface area contributed by atoms with Gasteiger partial charge in [0.2, 0.25) is 0 Å². The first kappa shape index (κ1) is 19.8. The van der Waals surface area contributed by atoms with Crippen molar-refractivity contribution in [3.05, 3.63) is 34.9 Å². The molecule has 0 amide bonds. The summed E-state index contributed by atoms with van der Waals surface area (Å²) in [7, 11) is 0.